The highest BCUT2D eigenvalue weighted by atomic mass is 16.7. The third kappa shape index (κ3) is 3.09. The first kappa shape index (κ1) is 19.2. The molecule has 3 aromatic rings. The van der Waals surface area contributed by atoms with Crippen LogP contribution in [0.4, 0.5) is 11.4 Å². The second-order valence-electron chi connectivity index (χ2n) is 9.00. The molecule has 2 aliphatic heterocycles. The summed E-state index contributed by atoms with van der Waals surface area (Å²) in [4.78, 5) is 0. The molecule has 150 valence electrons. The molecule has 1 saturated heterocycles. The summed E-state index contributed by atoms with van der Waals surface area (Å²) in [7, 11) is -0.360. The van der Waals surface area contributed by atoms with Gasteiger partial charge in [0, 0.05) is 22.8 Å². The molecular formula is C25H26BN2O2+. The number of rotatable bonds is 3. The second kappa shape index (κ2) is 6.90. The van der Waals surface area contributed by atoms with Crippen molar-refractivity contribution >= 4 is 24.0 Å². The van der Waals surface area contributed by atoms with Crippen molar-refractivity contribution in [3.8, 4) is 0 Å². The van der Waals surface area contributed by atoms with Gasteiger partial charge in [0.05, 0.1) is 16.8 Å². The van der Waals surface area contributed by atoms with Gasteiger partial charge in [0.1, 0.15) is 5.69 Å². The van der Waals surface area contributed by atoms with Crippen LogP contribution in [0.2, 0.25) is 0 Å². The molecule has 2 aliphatic rings. The predicted octanol–water partition coefficient (Wildman–Crippen LogP) is 5.52. The minimum atomic E-state index is -0.360. The van der Waals surface area contributed by atoms with Gasteiger partial charge in [-0.2, -0.15) is 0 Å². The van der Waals surface area contributed by atoms with Crippen molar-refractivity contribution in [3.05, 3.63) is 90.0 Å². The van der Waals surface area contributed by atoms with Crippen LogP contribution in [0.15, 0.2) is 84.0 Å². The fourth-order valence-electron chi connectivity index (χ4n) is 4.04. The molecule has 1 fully saturated rings. The lowest BCUT2D eigenvalue weighted by Gasteiger charge is -2.32. The monoisotopic (exact) mass is 397 g/mol. The number of hydrogen-bond donors (Lipinski definition) is 0. The molecule has 4 nitrogen and oxygen atoms in total. The van der Waals surface area contributed by atoms with Gasteiger partial charge < -0.3 is 9.31 Å². The number of nitrogens with zero attached hydrogens (tertiary/aromatic N) is 2. The van der Waals surface area contributed by atoms with Crippen LogP contribution < -0.4 is 5.46 Å². The van der Waals surface area contributed by atoms with Crippen LogP contribution in [0.25, 0.3) is 0 Å². The minimum Gasteiger partial charge on any atom is -0.399 e. The summed E-state index contributed by atoms with van der Waals surface area (Å²) in [5, 5.41) is 4.92. The molecular weight excluding hydrogens is 371 g/mol. The topological polar surface area (TPSA) is 33.8 Å². The zero-order valence-electron chi connectivity index (χ0n) is 17.9. The number of fused-ring (bicyclic) bond motifs is 1. The Balaban J connectivity index is 1.49. The van der Waals surface area contributed by atoms with Crippen molar-refractivity contribution < 1.29 is 14.0 Å². The van der Waals surface area contributed by atoms with Gasteiger partial charge in [-0.1, -0.05) is 59.3 Å². The summed E-state index contributed by atoms with van der Waals surface area (Å²) < 4.78 is 14.5. The van der Waals surface area contributed by atoms with Crippen LogP contribution in [0, 0.1) is 0 Å². The quantitative estimate of drug-likeness (QED) is 0.431. The lowest BCUT2D eigenvalue weighted by Crippen LogP contribution is -2.41. The largest absolute Gasteiger partial charge is 0.494 e. The Kier molecular flexibility index (Phi) is 4.42. The Bertz CT molecular complexity index is 1090. The Morgan fingerprint density at radius 2 is 1.37 bits per heavy atom. The lowest BCUT2D eigenvalue weighted by molar-refractivity contribution is -0.536. The fraction of sp³-hybridized carbons (Fsp3) is 0.280. The zero-order chi connectivity index (χ0) is 20.9. The molecule has 0 N–H and O–H groups in total. The average molecular weight is 397 g/mol. The van der Waals surface area contributed by atoms with Crippen molar-refractivity contribution in [2.24, 2.45) is 5.11 Å². The summed E-state index contributed by atoms with van der Waals surface area (Å²) in [6.45, 7) is 8.30. The highest BCUT2D eigenvalue weighted by Gasteiger charge is 2.51. The average Bonchev–Trinajstić information content (AvgIpc) is 3.23. The SMILES string of the molecule is CC1(C)OB(c2ccc([N+]3=Nc4ccccc4C3c3ccccc3)cc2)OC1(C)C. The molecule has 5 rings (SSSR count). The summed E-state index contributed by atoms with van der Waals surface area (Å²) in [5.41, 5.74) is 4.83. The van der Waals surface area contributed by atoms with Gasteiger partial charge in [0.15, 0.2) is 0 Å². The standard InChI is InChI=1S/C25H26BN2O2/c1-24(2)25(3,4)30-26(29-24)19-14-16-20(17-15-19)28-23(18-10-6-5-7-11-18)21-12-8-9-13-22(21)27-28/h5-17,23H,1-4H3/q+1. The van der Waals surface area contributed by atoms with E-state index >= 15 is 0 Å². The van der Waals surface area contributed by atoms with E-state index in [4.69, 9.17) is 14.4 Å². The highest BCUT2D eigenvalue weighted by Crippen LogP contribution is 2.42. The van der Waals surface area contributed by atoms with Crippen molar-refractivity contribution in [1.82, 2.24) is 0 Å². The van der Waals surface area contributed by atoms with Gasteiger partial charge in [0.2, 0.25) is 11.7 Å². The molecule has 0 radical (unpaired) electrons. The van der Waals surface area contributed by atoms with E-state index in [1.165, 1.54) is 11.1 Å². The lowest BCUT2D eigenvalue weighted by atomic mass is 9.79. The minimum absolute atomic E-state index is 0.0603. The summed E-state index contributed by atoms with van der Waals surface area (Å²) in [5.74, 6) is 0. The van der Waals surface area contributed by atoms with E-state index in [2.05, 4.69) is 99.1 Å². The van der Waals surface area contributed by atoms with Crippen molar-refractivity contribution in [2.45, 2.75) is 44.9 Å². The van der Waals surface area contributed by atoms with E-state index in [9.17, 15) is 0 Å². The number of azo groups is 2. The molecule has 0 amide bonds. The Morgan fingerprint density at radius 3 is 2.03 bits per heavy atom. The third-order valence-electron chi connectivity index (χ3n) is 6.49. The summed E-state index contributed by atoms with van der Waals surface area (Å²) in [6.07, 6.45) is 0. The Hall–Kier alpha value is -2.76. The fourth-order valence-corrected chi connectivity index (χ4v) is 4.04. The molecule has 30 heavy (non-hydrogen) atoms. The van der Waals surface area contributed by atoms with E-state index in [0.29, 0.717) is 0 Å². The molecule has 5 heteroatoms. The van der Waals surface area contributed by atoms with E-state index in [1.54, 1.807) is 0 Å². The molecule has 0 spiro atoms. The van der Waals surface area contributed by atoms with Gasteiger partial charge >= 0.3 is 7.12 Å². The Morgan fingerprint density at radius 1 is 0.767 bits per heavy atom. The first-order chi connectivity index (χ1) is 14.4. The van der Waals surface area contributed by atoms with Gasteiger partial charge in [-0.15, -0.1) is 0 Å². The molecule has 0 saturated carbocycles. The summed E-state index contributed by atoms with van der Waals surface area (Å²) >= 11 is 0. The maximum atomic E-state index is 6.20. The Labute approximate surface area is 178 Å². The van der Waals surface area contributed by atoms with E-state index in [-0.39, 0.29) is 24.4 Å². The van der Waals surface area contributed by atoms with Gasteiger partial charge in [-0.05, 0) is 45.3 Å². The van der Waals surface area contributed by atoms with Crippen LogP contribution in [0.3, 0.4) is 0 Å². The molecule has 2 heterocycles. The number of hydrogen-bond acceptors (Lipinski definition) is 3. The second-order valence-corrected chi connectivity index (χ2v) is 9.00. The van der Waals surface area contributed by atoms with Crippen LogP contribution in [-0.4, -0.2) is 23.0 Å². The molecule has 1 atom stereocenters. The number of benzene rings is 3. The molecule has 0 aromatic heterocycles. The van der Waals surface area contributed by atoms with Crippen molar-refractivity contribution in [1.29, 1.82) is 0 Å². The first-order valence-electron chi connectivity index (χ1n) is 10.5. The predicted molar refractivity (Wildman–Crippen MR) is 119 cm³/mol. The van der Waals surface area contributed by atoms with E-state index in [1.807, 2.05) is 12.1 Å². The van der Waals surface area contributed by atoms with Gasteiger partial charge in [0.25, 0.3) is 0 Å². The van der Waals surface area contributed by atoms with Crippen LogP contribution in [0.5, 0.6) is 0 Å². The maximum absolute atomic E-state index is 6.20. The zero-order valence-corrected chi connectivity index (χ0v) is 17.9. The molecule has 1 unspecified atom stereocenters. The smallest absolute Gasteiger partial charge is 0.399 e. The third-order valence-corrected chi connectivity index (χ3v) is 6.49. The maximum Gasteiger partial charge on any atom is 0.494 e. The molecule has 0 bridgehead atoms. The normalized spacial score (nSPS) is 21.4. The van der Waals surface area contributed by atoms with E-state index < -0.39 is 0 Å². The van der Waals surface area contributed by atoms with Crippen LogP contribution in [-0.2, 0) is 9.31 Å². The molecule has 0 aliphatic carbocycles. The molecule has 3 aromatic carbocycles. The first-order valence-corrected chi connectivity index (χ1v) is 10.5. The highest BCUT2D eigenvalue weighted by molar-refractivity contribution is 6.62. The van der Waals surface area contributed by atoms with E-state index in [0.717, 1.165) is 16.8 Å². The van der Waals surface area contributed by atoms with Gasteiger partial charge in [-0.25, -0.2) is 0 Å². The van der Waals surface area contributed by atoms with Gasteiger partial charge in [-0.3, -0.25) is 0 Å². The van der Waals surface area contributed by atoms with Crippen molar-refractivity contribution in [3.63, 3.8) is 0 Å². The van der Waals surface area contributed by atoms with Crippen LogP contribution >= 0.6 is 0 Å². The van der Waals surface area contributed by atoms with Crippen molar-refractivity contribution in [2.75, 3.05) is 0 Å². The summed E-state index contributed by atoms with van der Waals surface area (Å²) in [6, 6.07) is 27.3. The van der Waals surface area contributed by atoms with Crippen LogP contribution in [0.1, 0.15) is 44.9 Å².